The molecule has 0 unspecified atom stereocenters. The monoisotopic (exact) mass is 486 g/mol. The van der Waals surface area contributed by atoms with Crippen LogP contribution in [0.1, 0.15) is 43.1 Å². The molecule has 0 aliphatic carbocycles. The summed E-state index contributed by atoms with van der Waals surface area (Å²) in [5.41, 5.74) is 11.8. The molecule has 1 aromatic carbocycles. The van der Waals surface area contributed by atoms with E-state index in [0.717, 1.165) is 86.2 Å². The van der Waals surface area contributed by atoms with E-state index in [4.69, 9.17) is 30.0 Å². The van der Waals surface area contributed by atoms with Gasteiger partial charge in [0.25, 0.3) is 0 Å². The van der Waals surface area contributed by atoms with Gasteiger partial charge in [-0.15, -0.1) is 0 Å². The third kappa shape index (κ3) is 3.35. The number of piperidine rings is 1. The predicted octanol–water partition coefficient (Wildman–Crippen LogP) is 2.57. The molecule has 3 aromatic rings. The lowest BCUT2D eigenvalue weighted by molar-refractivity contribution is 0.0974. The summed E-state index contributed by atoms with van der Waals surface area (Å²) in [6.07, 6.45) is 7.44. The number of fused-ring (bicyclic) bond motifs is 2. The summed E-state index contributed by atoms with van der Waals surface area (Å²) in [5.74, 6) is 2.45. The average molecular weight is 487 g/mol. The van der Waals surface area contributed by atoms with E-state index in [0.29, 0.717) is 12.4 Å². The highest BCUT2D eigenvalue weighted by molar-refractivity contribution is 6.11. The maximum Gasteiger partial charge on any atom is 0.214 e. The molecule has 0 bridgehead atoms. The van der Waals surface area contributed by atoms with Crippen molar-refractivity contribution >= 4 is 17.3 Å². The Hall–Kier alpha value is -3.37. The highest BCUT2D eigenvalue weighted by Gasteiger charge is 2.47. The Bertz CT molecular complexity index is 1320. The summed E-state index contributed by atoms with van der Waals surface area (Å²) in [4.78, 5) is 23.7. The van der Waals surface area contributed by atoms with Crippen LogP contribution in [0.4, 0.5) is 11.5 Å². The molecular weight excluding hydrogens is 456 g/mol. The molecule has 4 aliphatic rings. The van der Waals surface area contributed by atoms with Crippen LogP contribution in [0.3, 0.4) is 0 Å². The Balaban J connectivity index is 1.13. The molecule has 2 aromatic heterocycles. The Labute approximate surface area is 209 Å². The first kappa shape index (κ1) is 21.9. The van der Waals surface area contributed by atoms with E-state index in [9.17, 15) is 0 Å². The lowest BCUT2D eigenvalue weighted by Crippen LogP contribution is -2.50. The molecule has 2 fully saturated rings. The largest absolute Gasteiger partial charge is 0.376 e. The first-order chi connectivity index (χ1) is 17.6. The third-order valence-corrected chi connectivity index (χ3v) is 8.46. The molecule has 186 valence electrons. The molecular formula is C26H30N8O2. The molecule has 2 saturated heterocycles. The smallest absolute Gasteiger partial charge is 0.214 e. The van der Waals surface area contributed by atoms with Crippen LogP contribution in [0.5, 0.6) is 0 Å². The molecule has 2 atom stereocenters. The van der Waals surface area contributed by atoms with E-state index in [-0.39, 0.29) is 17.6 Å². The van der Waals surface area contributed by atoms with Gasteiger partial charge in [0, 0.05) is 42.3 Å². The molecule has 2 N–H and O–H groups in total. The van der Waals surface area contributed by atoms with Gasteiger partial charge < -0.3 is 24.8 Å². The summed E-state index contributed by atoms with van der Waals surface area (Å²) < 4.78 is 10.9. The molecule has 6 heterocycles. The Morgan fingerprint density at radius 1 is 1.14 bits per heavy atom. The van der Waals surface area contributed by atoms with Crippen molar-refractivity contribution in [1.29, 1.82) is 0 Å². The number of hydrogen-bond acceptors (Lipinski definition) is 10. The minimum atomic E-state index is 0.0956. The van der Waals surface area contributed by atoms with Crippen molar-refractivity contribution in [2.24, 2.45) is 16.1 Å². The topological polar surface area (TPSA) is 119 Å². The Morgan fingerprint density at radius 3 is 2.81 bits per heavy atom. The molecule has 7 rings (SSSR count). The maximum absolute atomic E-state index is 6.50. The Morgan fingerprint density at radius 2 is 2.03 bits per heavy atom. The van der Waals surface area contributed by atoms with Gasteiger partial charge in [-0.2, -0.15) is 4.98 Å². The number of aliphatic imine (C=N–C) groups is 1. The zero-order chi connectivity index (χ0) is 24.3. The lowest BCUT2D eigenvalue weighted by Gasteiger charge is -2.41. The number of aromatic nitrogens is 4. The number of rotatable bonds is 2. The SMILES string of the molecule is C[C@@H]1OCC2(CCN(c3cnc4c(n3)CN=C4N3CCCc4c(-c5ncon5)cccc43)CC2)[C@@H]1N. The van der Waals surface area contributed by atoms with Crippen LogP contribution >= 0.6 is 0 Å². The second-order valence-corrected chi connectivity index (χ2v) is 10.4. The zero-order valence-electron chi connectivity index (χ0n) is 20.4. The van der Waals surface area contributed by atoms with Crippen LogP contribution in [-0.2, 0) is 17.7 Å². The zero-order valence-corrected chi connectivity index (χ0v) is 20.4. The number of hydrogen-bond donors (Lipinski definition) is 1. The van der Waals surface area contributed by atoms with Crippen molar-refractivity contribution in [3.8, 4) is 11.4 Å². The molecule has 10 heteroatoms. The summed E-state index contributed by atoms with van der Waals surface area (Å²) >= 11 is 0. The van der Waals surface area contributed by atoms with Gasteiger partial charge in [0.05, 0.1) is 31.1 Å². The van der Waals surface area contributed by atoms with Crippen molar-refractivity contribution in [1.82, 2.24) is 20.1 Å². The summed E-state index contributed by atoms with van der Waals surface area (Å²) in [6, 6.07) is 6.34. The molecule has 1 spiro atoms. The van der Waals surface area contributed by atoms with Gasteiger partial charge in [0.2, 0.25) is 12.2 Å². The van der Waals surface area contributed by atoms with E-state index >= 15 is 0 Å². The van der Waals surface area contributed by atoms with Crippen LogP contribution in [0, 0.1) is 5.41 Å². The maximum atomic E-state index is 6.50. The second-order valence-electron chi connectivity index (χ2n) is 10.4. The highest BCUT2D eigenvalue weighted by Crippen LogP contribution is 2.42. The van der Waals surface area contributed by atoms with E-state index in [1.807, 2.05) is 12.3 Å². The fourth-order valence-electron chi connectivity index (χ4n) is 6.30. The quantitative estimate of drug-likeness (QED) is 0.583. The molecule has 4 aliphatic heterocycles. The second kappa shape index (κ2) is 8.35. The molecule has 10 nitrogen and oxygen atoms in total. The number of anilines is 2. The van der Waals surface area contributed by atoms with Crippen LogP contribution in [-0.4, -0.2) is 64.3 Å². The molecule has 0 saturated carbocycles. The van der Waals surface area contributed by atoms with Gasteiger partial charge in [-0.1, -0.05) is 17.3 Å². The van der Waals surface area contributed by atoms with Gasteiger partial charge in [-0.3, -0.25) is 4.99 Å². The highest BCUT2D eigenvalue weighted by atomic mass is 16.5. The number of nitrogens with zero attached hydrogens (tertiary/aromatic N) is 7. The van der Waals surface area contributed by atoms with Crippen LogP contribution in [0.15, 0.2) is 40.3 Å². The first-order valence-corrected chi connectivity index (χ1v) is 12.8. The van der Waals surface area contributed by atoms with Crippen molar-refractivity contribution < 1.29 is 9.26 Å². The van der Waals surface area contributed by atoms with Gasteiger partial charge in [0.1, 0.15) is 11.5 Å². The molecule has 36 heavy (non-hydrogen) atoms. The Kier molecular flexibility index (Phi) is 5.07. The fourth-order valence-corrected chi connectivity index (χ4v) is 6.30. The number of amidine groups is 1. The van der Waals surface area contributed by atoms with E-state index in [2.05, 4.69) is 39.0 Å². The van der Waals surface area contributed by atoms with Gasteiger partial charge >= 0.3 is 0 Å². The minimum Gasteiger partial charge on any atom is -0.376 e. The minimum absolute atomic E-state index is 0.0956. The van der Waals surface area contributed by atoms with Crippen molar-refractivity contribution in [3.63, 3.8) is 0 Å². The average Bonchev–Trinajstić information content (AvgIpc) is 3.66. The lowest BCUT2D eigenvalue weighted by atomic mass is 9.73. The number of benzene rings is 1. The third-order valence-electron chi connectivity index (χ3n) is 8.46. The fraction of sp³-hybridized carbons (Fsp3) is 0.500. The number of nitrogens with two attached hydrogens (primary N) is 1. The molecule has 0 radical (unpaired) electrons. The van der Waals surface area contributed by atoms with Crippen LogP contribution in [0.25, 0.3) is 11.4 Å². The van der Waals surface area contributed by atoms with Crippen molar-refractivity contribution in [3.05, 3.63) is 47.7 Å². The predicted molar refractivity (Wildman–Crippen MR) is 135 cm³/mol. The van der Waals surface area contributed by atoms with Crippen LogP contribution < -0.4 is 15.5 Å². The summed E-state index contributed by atoms with van der Waals surface area (Å²) in [5, 5.41) is 4.06. The van der Waals surface area contributed by atoms with Crippen molar-refractivity contribution in [2.75, 3.05) is 36.0 Å². The first-order valence-electron chi connectivity index (χ1n) is 12.8. The van der Waals surface area contributed by atoms with Gasteiger partial charge in [0.15, 0.2) is 5.84 Å². The van der Waals surface area contributed by atoms with E-state index < -0.39 is 0 Å². The number of ether oxygens (including phenoxy) is 1. The van der Waals surface area contributed by atoms with Gasteiger partial charge in [-0.05, 0) is 44.2 Å². The van der Waals surface area contributed by atoms with Gasteiger partial charge in [-0.25, -0.2) is 9.97 Å². The summed E-state index contributed by atoms with van der Waals surface area (Å²) in [7, 11) is 0. The standard InChI is InChI=1S/C26H30N8O2/c1-16-23(27)26(14-35-16)7-10-33(11-8-26)21-13-28-22-19(31-21)12-29-25(22)34-9-3-5-17-18(4-2-6-20(17)34)24-30-15-36-32-24/h2,4,6,13,15-16,23H,3,5,7-12,14,27H2,1H3/t16-,23+/m0/s1. The van der Waals surface area contributed by atoms with Crippen molar-refractivity contribution in [2.45, 2.75) is 51.3 Å². The normalized spacial score (nSPS) is 24.7. The van der Waals surface area contributed by atoms with E-state index in [1.54, 1.807) is 0 Å². The van der Waals surface area contributed by atoms with E-state index in [1.165, 1.54) is 12.0 Å². The summed E-state index contributed by atoms with van der Waals surface area (Å²) in [6.45, 7) is 6.13. The molecule has 0 amide bonds. The van der Waals surface area contributed by atoms with Crippen LogP contribution in [0.2, 0.25) is 0 Å².